The molecular formula is C12H21N3O2. The van der Waals surface area contributed by atoms with Crippen molar-refractivity contribution in [2.75, 3.05) is 26.2 Å². The fraction of sp³-hybridized carbons (Fsp3) is 0.833. The van der Waals surface area contributed by atoms with Gasteiger partial charge in [-0.3, -0.25) is 9.59 Å². The second kappa shape index (κ2) is 5.04. The Hall–Kier alpha value is -1.10. The number of hydrogen-bond donors (Lipinski definition) is 2. The zero-order chi connectivity index (χ0) is 12.3. The summed E-state index contributed by atoms with van der Waals surface area (Å²) in [5.74, 6) is 0.0298. The van der Waals surface area contributed by atoms with E-state index in [4.69, 9.17) is 5.73 Å². The van der Waals surface area contributed by atoms with Gasteiger partial charge in [0.05, 0.1) is 12.0 Å². The molecule has 1 saturated carbocycles. The normalized spacial score (nSPS) is 24.3. The molecule has 1 saturated heterocycles. The summed E-state index contributed by atoms with van der Waals surface area (Å²) in [4.78, 5) is 25.5. The minimum Gasteiger partial charge on any atom is -0.353 e. The van der Waals surface area contributed by atoms with Gasteiger partial charge in [-0.15, -0.1) is 0 Å². The maximum absolute atomic E-state index is 12.5. The molecule has 2 fully saturated rings. The maximum atomic E-state index is 12.5. The molecule has 3 N–H and O–H groups in total. The third-order valence-corrected chi connectivity index (χ3v) is 3.98. The quantitative estimate of drug-likeness (QED) is 0.704. The molecule has 1 aliphatic heterocycles. The molecule has 0 aromatic carbocycles. The van der Waals surface area contributed by atoms with Crippen LogP contribution in [0.25, 0.3) is 0 Å². The van der Waals surface area contributed by atoms with Crippen LogP contribution in [-0.2, 0) is 9.59 Å². The molecule has 0 aromatic rings. The highest BCUT2D eigenvalue weighted by Gasteiger charge is 2.41. The van der Waals surface area contributed by atoms with Crippen molar-refractivity contribution >= 4 is 11.8 Å². The first-order valence-electron chi connectivity index (χ1n) is 6.44. The summed E-state index contributed by atoms with van der Waals surface area (Å²) in [5, 5.41) is 2.74. The first-order valence-corrected chi connectivity index (χ1v) is 6.44. The van der Waals surface area contributed by atoms with Gasteiger partial charge in [-0.05, 0) is 12.8 Å². The lowest BCUT2D eigenvalue weighted by molar-refractivity contribution is -0.148. The van der Waals surface area contributed by atoms with Crippen LogP contribution in [0.2, 0.25) is 0 Å². The number of nitrogens with two attached hydrogens (primary N) is 1. The lowest BCUT2D eigenvalue weighted by Gasteiger charge is -2.40. The predicted molar refractivity (Wildman–Crippen MR) is 64.2 cm³/mol. The number of amides is 2. The largest absolute Gasteiger partial charge is 0.353 e. The lowest BCUT2D eigenvalue weighted by atomic mass is 9.73. The molecule has 5 nitrogen and oxygen atoms in total. The Balaban J connectivity index is 2.08. The van der Waals surface area contributed by atoms with Crippen LogP contribution < -0.4 is 11.1 Å². The highest BCUT2D eigenvalue weighted by molar-refractivity contribution is 5.89. The molecule has 0 spiro atoms. The first-order chi connectivity index (χ1) is 8.18. The Morgan fingerprint density at radius 3 is 2.65 bits per heavy atom. The smallest absolute Gasteiger partial charge is 0.239 e. The van der Waals surface area contributed by atoms with Gasteiger partial charge in [-0.2, -0.15) is 0 Å². The van der Waals surface area contributed by atoms with Crippen LogP contribution in [0.1, 0.15) is 32.1 Å². The summed E-state index contributed by atoms with van der Waals surface area (Å²) in [6.07, 6.45) is 5.09. The molecule has 96 valence electrons. The second-order valence-electron chi connectivity index (χ2n) is 5.12. The van der Waals surface area contributed by atoms with Gasteiger partial charge in [0.25, 0.3) is 0 Å². The zero-order valence-corrected chi connectivity index (χ0v) is 10.2. The van der Waals surface area contributed by atoms with Crippen molar-refractivity contribution in [1.29, 1.82) is 0 Å². The van der Waals surface area contributed by atoms with E-state index in [2.05, 4.69) is 5.32 Å². The highest BCUT2D eigenvalue weighted by Crippen LogP contribution is 2.37. The first kappa shape index (κ1) is 12.4. The van der Waals surface area contributed by atoms with Crippen LogP contribution >= 0.6 is 0 Å². The lowest BCUT2D eigenvalue weighted by Crippen LogP contribution is -2.56. The third-order valence-electron chi connectivity index (χ3n) is 3.98. The number of nitrogens with zero attached hydrogens (tertiary/aromatic N) is 1. The third kappa shape index (κ3) is 2.44. The minimum atomic E-state index is -0.393. The van der Waals surface area contributed by atoms with Crippen LogP contribution in [0.3, 0.4) is 0 Å². The van der Waals surface area contributed by atoms with E-state index < -0.39 is 5.41 Å². The predicted octanol–water partition coefficient (Wildman–Crippen LogP) is -0.146. The van der Waals surface area contributed by atoms with Gasteiger partial charge in [0, 0.05) is 19.6 Å². The average molecular weight is 239 g/mol. The molecule has 0 aromatic heterocycles. The zero-order valence-electron chi connectivity index (χ0n) is 10.2. The van der Waals surface area contributed by atoms with E-state index in [0.717, 1.165) is 25.7 Å². The van der Waals surface area contributed by atoms with Gasteiger partial charge in [0.1, 0.15) is 0 Å². The fourth-order valence-electron chi connectivity index (χ4n) is 2.88. The number of carbonyl (C=O) groups excluding carboxylic acids is 2. The Bertz CT molecular complexity index is 311. The van der Waals surface area contributed by atoms with Crippen LogP contribution in [0.5, 0.6) is 0 Å². The number of nitrogens with one attached hydrogen (secondary N) is 1. The van der Waals surface area contributed by atoms with Crippen molar-refractivity contribution in [3.8, 4) is 0 Å². The number of piperazine rings is 1. The Labute approximate surface area is 102 Å². The molecular weight excluding hydrogens is 218 g/mol. The van der Waals surface area contributed by atoms with Crippen molar-refractivity contribution in [2.45, 2.75) is 32.1 Å². The monoisotopic (exact) mass is 239 g/mol. The molecule has 1 aliphatic carbocycles. The van der Waals surface area contributed by atoms with E-state index in [9.17, 15) is 9.59 Å². The van der Waals surface area contributed by atoms with Crippen LogP contribution in [-0.4, -0.2) is 42.9 Å². The van der Waals surface area contributed by atoms with E-state index in [1.54, 1.807) is 4.90 Å². The van der Waals surface area contributed by atoms with Crippen molar-refractivity contribution in [3.05, 3.63) is 0 Å². The van der Waals surface area contributed by atoms with Crippen LogP contribution in [0, 0.1) is 5.41 Å². The molecule has 0 unspecified atom stereocenters. The molecule has 2 amide bonds. The van der Waals surface area contributed by atoms with Crippen molar-refractivity contribution in [3.63, 3.8) is 0 Å². The summed E-state index contributed by atoms with van der Waals surface area (Å²) in [7, 11) is 0. The van der Waals surface area contributed by atoms with Gasteiger partial charge in [0.2, 0.25) is 11.8 Å². The summed E-state index contributed by atoms with van der Waals surface area (Å²) < 4.78 is 0. The van der Waals surface area contributed by atoms with Crippen LogP contribution in [0.15, 0.2) is 0 Å². The summed E-state index contributed by atoms with van der Waals surface area (Å²) in [6.45, 7) is 1.78. The molecule has 0 radical (unpaired) electrons. The van der Waals surface area contributed by atoms with Crippen molar-refractivity contribution in [2.24, 2.45) is 11.1 Å². The molecule has 0 atom stereocenters. The standard InChI is InChI=1S/C12H21N3O2/c13-9-12(4-2-1-3-5-12)11(17)15-7-6-14-10(16)8-15/h1-9,13H2,(H,14,16). The van der Waals surface area contributed by atoms with Gasteiger partial charge < -0.3 is 16.0 Å². The summed E-state index contributed by atoms with van der Waals surface area (Å²) in [6, 6.07) is 0. The fourth-order valence-corrected chi connectivity index (χ4v) is 2.88. The molecule has 5 heteroatoms. The second-order valence-corrected chi connectivity index (χ2v) is 5.12. The number of rotatable bonds is 2. The van der Waals surface area contributed by atoms with E-state index in [1.165, 1.54) is 6.42 Å². The summed E-state index contributed by atoms with van der Waals surface area (Å²) >= 11 is 0. The Kier molecular flexibility index (Phi) is 3.66. The van der Waals surface area contributed by atoms with Crippen molar-refractivity contribution in [1.82, 2.24) is 10.2 Å². The van der Waals surface area contributed by atoms with Crippen molar-refractivity contribution < 1.29 is 9.59 Å². The summed E-state index contributed by atoms with van der Waals surface area (Å²) in [5.41, 5.74) is 5.44. The maximum Gasteiger partial charge on any atom is 0.239 e. The average Bonchev–Trinajstić information content (AvgIpc) is 2.38. The Morgan fingerprint density at radius 1 is 1.35 bits per heavy atom. The van der Waals surface area contributed by atoms with E-state index in [-0.39, 0.29) is 18.4 Å². The number of hydrogen-bond acceptors (Lipinski definition) is 3. The van der Waals surface area contributed by atoms with E-state index in [1.807, 2.05) is 0 Å². The molecule has 0 bridgehead atoms. The molecule has 2 rings (SSSR count). The van der Waals surface area contributed by atoms with Gasteiger partial charge >= 0.3 is 0 Å². The number of carbonyl (C=O) groups is 2. The van der Waals surface area contributed by atoms with E-state index in [0.29, 0.717) is 19.6 Å². The molecule has 2 aliphatic rings. The minimum absolute atomic E-state index is 0.0624. The topological polar surface area (TPSA) is 75.4 Å². The molecule has 17 heavy (non-hydrogen) atoms. The Morgan fingerprint density at radius 2 is 2.06 bits per heavy atom. The highest BCUT2D eigenvalue weighted by atomic mass is 16.2. The molecule has 1 heterocycles. The van der Waals surface area contributed by atoms with Gasteiger partial charge in [-0.1, -0.05) is 19.3 Å². The van der Waals surface area contributed by atoms with Crippen LogP contribution in [0.4, 0.5) is 0 Å². The van der Waals surface area contributed by atoms with Gasteiger partial charge in [0.15, 0.2) is 0 Å². The van der Waals surface area contributed by atoms with E-state index >= 15 is 0 Å². The van der Waals surface area contributed by atoms with Gasteiger partial charge in [-0.25, -0.2) is 0 Å². The SMILES string of the molecule is NCC1(C(=O)N2CCNC(=O)C2)CCCCC1.